The number of hydrogen-bond acceptors (Lipinski definition) is 1. The molecule has 3 heteroatoms. The predicted molar refractivity (Wildman–Crippen MR) is 68.1 cm³/mol. The SMILES string of the molecule is CCNCc1c(C)[nH]c2ccc(Br)cc12. The van der Waals surface area contributed by atoms with Gasteiger partial charge >= 0.3 is 0 Å². The van der Waals surface area contributed by atoms with Gasteiger partial charge in [0, 0.05) is 27.6 Å². The minimum absolute atomic E-state index is 0.929. The highest BCUT2D eigenvalue weighted by molar-refractivity contribution is 9.10. The van der Waals surface area contributed by atoms with Gasteiger partial charge in [-0.15, -0.1) is 0 Å². The highest BCUT2D eigenvalue weighted by Crippen LogP contribution is 2.25. The zero-order valence-electron chi connectivity index (χ0n) is 9.02. The largest absolute Gasteiger partial charge is 0.358 e. The quantitative estimate of drug-likeness (QED) is 0.877. The molecule has 2 rings (SSSR count). The van der Waals surface area contributed by atoms with Gasteiger partial charge < -0.3 is 10.3 Å². The average molecular weight is 267 g/mol. The number of aromatic nitrogens is 1. The number of rotatable bonds is 3. The van der Waals surface area contributed by atoms with Crippen molar-refractivity contribution in [2.75, 3.05) is 6.54 Å². The first kappa shape index (κ1) is 10.7. The molecule has 0 amide bonds. The smallest absolute Gasteiger partial charge is 0.0460 e. The Morgan fingerprint density at radius 2 is 2.20 bits per heavy atom. The van der Waals surface area contributed by atoms with Crippen LogP contribution in [0.25, 0.3) is 10.9 Å². The van der Waals surface area contributed by atoms with E-state index in [4.69, 9.17) is 0 Å². The molecule has 0 aliphatic heterocycles. The van der Waals surface area contributed by atoms with Crippen LogP contribution >= 0.6 is 15.9 Å². The van der Waals surface area contributed by atoms with Crippen LogP contribution < -0.4 is 5.32 Å². The number of hydrogen-bond donors (Lipinski definition) is 2. The molecule has 0 bridgehead atoms. The molecule has 2 N–H and O–H groups in total. The van der Waals surface area contributed by atoms with Gasteiger partial charge in [-0.3, -0.25) is 0 Å². The molecule has 2 nitrogen and oxygen atoms in total. The molecular formula is C12H15BrN2. The van der Waals surface area contributed by atoms with Crippen LogP contribution in [0.5, 0.6) is 0 Å². The van der Waals surface area contributed by atoms with Crippen molar-refractivity contribution in [1.82, 2.24) is 10.3 Å². The molecule has 0 aliphatic carbocycles. The second-order valence-electron chi connectivity index (χ2n) is 3.70. The number of halogens is 1. The van der Waals surface area contributed by atoms with Crippen LogP contribution in [0, 0.1) is 6.92 Å². The Morgan fingerprint density at radius 1 is 1.40 bits per heavy atom. The summed E-state index contributed by atoms with van der Waals surface area (Å²) in [6.07, 6.45) is 0. The predicted octanol–water partition coefficient (Wildman–Crippen LogP) is 3.35. The molecule has 80 valence electrons. The van der Waals surface area contributed by atoms with E-state index in [1.54, 1.807) is 0 Å². The fraction of sp³-hybridized carbons (Fsp3) is 0.333. The molecule has 0 saturated heterocycles. The summed E-state index contributed by atoms with van der Waals surface area (Å²) in [5.74, 6) is 0. The van der Waals surface area contributed by atoms with E-state index in [1.807, 2.05) is 0 Å². The van der Waals surface area contributed by atoms with E-state index in [2.05, 4.69) is 58.3 Å². The van der Waals surface area contributed by atoms with E-state index in [-0.39, 0.29) is 0 Å². The Bertz CT molecular complexity index is 474. The maximum Gasteiger partial charge on any atom is 0.0460 e. The van der Waals surface area contributed by atoms with E-state index in [1.165, 1.54) is 22.2 Å². The number of aromatic amines is 1. The first-order valence-corrected chi connectivity index (χ1v) is 5.99. The fourth-order valence-corrected chi connectivity index (χ4v) is 2.19. The number of aryl methyl sites for hydroxylation is 1. The minimum Gasteiger partial charge on any atom is -0.358 e. The Morgan fingerprint density at radius 3 is 2.93 bits per heavy atom. The molecule has 0 spiro atoms. The first-order chi connectivity index (χ1) is 7.22. The zero-order valence-corrected chi connectivity index (χ0v) is 10.6. The summed E-state index contributed by atoms with van der Waals surface area (Å²) >= 11 is 3.51. The molecule has 15 heavy (non-hydrogen) atoms. The lowest BCUT2D eigenvalue weighted by Gasteiger charge is -2.02. The lowest BCUT2D eigenvalue weighted by Crippen LogP contribution is -2.12. The van der Waals surface area contributed by atoms with E-state index < -0.39 is 0 Å². The maximum absolute atomic E-state index is 3.51. The van der Waals surface area contributed by atoms with Crippen molar-refractivity contribution in [3.8, 4) is 0 Å². The third kappa shape index (κ3) is 2.08. The second-order valence-corrected chi connectivity index (χ2v) is 4.61. The number of nitrogens with one attached hydrogen (secondary N) is 2. The maximum atomic E-state index is 3.51. The Hall–Kier alpha value is -0.800. The Labute approximate surface area is 98.2 Å². The molecule has 1 aromatic heterocycles. The molecule has 0 saturated carbocycles. The van der Waals surface area contributed by atoms with Crippen LogP contribution in [0.4, 0.5) is 0 Å². The molecule has 1 aromatic carbocycles. The summed E-state index contributed by atoms with van der Waals surface area (Å²) in [5.41, 5.74) is 3.83. The van der Waals surface area contributed by atoms with Crippen molar-refractivity contribution >= 4 is 26.8 Å². The molecule has 0 aliphatic rings. The summed E-state index contributed by atoms with van der Waals surface area (Å²) in [7, 11) is 0. The van der Waals surface area contributed by atoms with E-state index >= 15 is 0 Å². The average Bonchev–Trinajstić information content (AvgIpc) is 2.51. The third-order valence-electron chi connectivity index (χ3n) is 2.63. The highest BCUT2D eigenvalue weighted by atomic mass is 79.9. The van der Waals surface area contributed by atoms with E-state index in [0.717, 1.165) is 17.6 Å². The summed E-state index contributed by atoms with van der Waals surface area (Å²) < 4.78 is 1.13. The van der Waals surface area contributed by atoms with Crippen molar-refractivity contribution in [3.05, 3.63) is 33.9 Å². The van der Waals surface area contributed by atoms with Crippen LogP contribution in [0.1, 0.15) is 18.2 Å². The fourth-order valence-electron chi connectivity index (χ4n) is 1.83. The van der Waals surface area contributed by atoms with E-state index in [9.17, 15) is 0 Å². The van der Waals surface area contributed by atoms with Gasteiger partial charge in [-0.1, -0.05) is 22.9 Å². The van der Waals surface area contributed by atoms with Crippen molar-refractivity contribution in [2.45, 2.75) is 20.4 Å². The summed E-state index contributed by atoms with van der Waals surface area (Å²) in [4.78, 5) is 3.40. The third-order valence-corrected chi connectivity index (χ3v) is 3.13. The van der Waals surface area contributed by atoms with Gasteiger partial charge in [0.05, 0.1) is 0 Å². The second kappa shape index (κ2) is 4.37. The van der Waals surface area contributed by atoms with Crippen molar-refractivity contribution < 1.29 is 0 Å². The monoisotopic (exact) mass is 266 g/mol. The number of H-pyrrole nitrogens is 1. The van der Waals surface area contributed by atoms with Gasteiger partial charge in [0.15, 0.2) is 0 Å². The molecule has 0 unspecified atom stereocenters. The van der Waals surface area contributed by atoms with Crippen LogP contribution in [-0.4, -0.2) is 11.5 Å². The van der Waals surface area contributed by atoms with Crippen LogP contribution in [0.3, 0.4) is 0 Å². The van der Waals surface area contributed by atoms with E-state index in [0.29, 0.717) is 0 Å². The van der Waals surface area contributed by atoms with Crippen molar-refractivity contribution in [2.24, 2.45) is 0 Å². The summed E-state index contributed by atoms with van der Waals surface area (Å²) in [6.45, 7) is 6.18. The van der Waals surface area contributed by atoms with Gasteiger partial charge in [-0.25, -0.2) is 0 Å². The molecule has 1 heterocycles. The normalized spacial score (nSPS) is 11.1. The van der Waals surface area contributed by atoms with Gasteiger partial charge in [0.1, 0.15) is 0 Å². The van der Waals surface area contributed by atoms with Gasteiger partial charge in [-0.05, 0) is 37.2 Å². The summed E-state index contributed by atoms with van der Waals surface area (Å²) in [5, 5.41) is 4.68. The highest BCUT2D eigenvalue weighted by Gasteiger charge is 2.07. The van der Waals surface area contributed by atoms with Crippen LogP contribution in [0.2, 0.25) is 0 Å². The van der Waals surface area contributed by atoms with Crippen molar-refractivity contribution in [1.29, 1.82) is 0 Å². The lowest BCUT2D eigenvalue weighted by molar-refractivity contribution is 0.727. The molecule has 0 atom stereocenters. The van der Waals surface area contributed by atoms with Gasteiger partial charge in [0.25, 0.3) is 0 Å². The van der Waals surface area contributed by atoms with Gasteiger partial charge in [-0.2, -0.15) is 0 Å². The first-order valence-electron chi connectivity index (χ1n) is 5.19. The summed E-state index contributed by atoms with van der Waals surface area (Å²) in [6, 6.07) is 6.35. The Balaban J connectivity index is 2.50. The number of benzene rings is 1. The standard InChI is InChI=1S/C12H15BrN2/c1-3-14-7-11-8(2)15-12-5-4-9(13)6-10(11)12/h4-6,14-15H,3,7H2,1-2H3. The van der Waals surface area contributed by atoms with Crippen LogP contribution in [-0.2, 0) is 6.54 Å². The zero-order chi connectivity index (χ0) is 10.8. The van der Waals surface area contributed by atoms with Crippen LogP contribution in [0.15, 0.2) is 22.7 Å². The minimum atomic E-state index is 0.929. The lowest BCUT2D eigenvalue weighted by atomic mass is 10.1. The molecular weight excluding hydrogens is 252 g/mol. The number of fused-ring (bicyclic) bond motifs is 1. The molecule has 0 fully saturated rings. The topological polar surface area (TPSA) is 27.8 Å². The van der Waals surface area contributed by atoms with Gasteiger partial charge in [0.2, 0.25) is 0 Å². The molecule has 0 radical (unpaired) electrons. The Kier molecular flexibility index (Phi) is 3.12. The van der Waals surface area contributed by atoms with Crippen molar-refractivity contribution in [3.63, 3.8) is 0 Å². The molecule has 2 aromatic rings.